The zero-order valence-electron chi connectivity index (χ0n) is 73.6. The Bertz CT molecular complexity index is 3780. The zero-order chi connectivity index (χ0) is 101. The van der Waals surface area contributed by atoms with Gasteiger partial charge in [-0.2, -0.15) is 0 Å². The molecule has 0 aromatic rings. The molecule has 61 nitrogen and oxygen atoms in total. The smallest absolute Gasteiger partial charge is 0.217 e. The van der Waals surface area contributed by atoms with Crippen molar-refractivity contribution < 1.29 is 277 Å². The van der Waals surface area contributed by atoms with Crippen LogP contribution in [0.2, 0.25) is 0 Å². The van der Waals surface area contributed by atoms with E-state index in [1.807, 2.05) is 0 Å². The molecule has 0 radical (unpaired) electrons. The topological polar surface area (TPSA) is 946 Å². The number of ether oxygens (including phenoxy) is 21. The van der Waals surface area contributed by atoms with Crippen LogP contribution >= 0.6 is 0 Å². The Morgan fingerprint density at radius 2 is 0.401 bits per heavy atom. The first kappa shape index (κ1) is 113. The lowest BCUT2D eigenvalue weighted by Crippen LogP contribution is -2.71. The standard InChI is InChI=1S/C76H127N5O56/c1-17(91)77-33-44(102)58(26(10-86)119-66(33)116)130-68-35(79-19(3)93)46(104)62(30(14-90)125-68)134-74-57(115)63(43(101)25(9-85)123-74)135-76-65(137-70-37(81-21(5)95)48(106)61(29(13-89)127-70)133-73-56(114)51(109)40(98)24(8-84)122-73)53(111)42(100)32(129-76)16-118-75-64(136-69-36(80-20(4)94)47(105)60(28(12-88)126-69)132-72-55(113)50(108)39(97)23(7-83)121-72)52(110)41(99)31(128-75)15-117-67-34(78-18(2)92)45(103)59(27(11-87)124-67)131-71-54(112)49(107)38(96)22(6-82)120-71/h22-76,82-90,96-116H,6-16H2,1-5H3,(H,77,91)(H,78,92)(H,79,93)(H,80,94)(H,81,95)/t22-,23-,24-,25-,26-,27-,28-,29-,30-,31-,32-,33-,34-,35-,36-,37-,38+,39+,40+,41-,42-,43-,44-,45-,46-,47-,48-,49+,50+,51+,52+,53+,54-,55-,56-,57+,58-,59-,60-,61-,62-,63+,64+,65+,66-,67-,68+,69+,70+,71+,72+,73+,74+,75+,76-/m1/s1. The monoisotopic (exact) mass is 2010 g/mol. The molecule has 61 heteroatoms. The van der Waals surface area contributed by atoms with Gasteiger partial charge in [0.2, 0.25) is 29.5 Å². The van der Waals surface area contributed by atoms with Crippen molar-refractivity contribution >= 4 is 29.5 Å². The van der Waals surface area contributed by atoms with Crippen LogP contribution in [0, 0.1) is 0 Å². The molecular weight excluding hydrogens is 1880 g/mol. The summed E-state index contributed by atoms with van der Waals surface area (Å²) in [5.74, 6) is -4.72. The molecule has 11 aliphatic heterocycles. The minimum absolute atomic E-state index is 0.797. The maximum Gasteiger partial charge on any atom is 0.217 e. The van der Waals surface area contributed by atoms with Gasteiger partial charge in [0, 0.05) is 34.6 Å². The molecule has 11 heterocycles. The normalized spacial score (nSPS) is 48.9. The molecule has 11 fully saturated rings. The average Bonchev–Trinajstić information content (AvgIpc) is 0.753. The Hall–Kier alpha value is -4.69. The highest BCUT2D eigenvalue weighted by molar-refractivity contribution is 5.75. The molecule has 0 aromatic heterocycles. The van der Waals surface area contributed by atoms with Crippen LogP contribution in [0.5, 0.6) is 0 Å². The van der Waals surface area contributed by atoms with Crippen molar-refractivity contribution in [1.29, 1.82) is 0 Å². The molecule has 0 unspecified atom stereocenters. The Morgan fingerprint density at radius 1 is 0.190 bits per heavy atom. The molecule has 11 rings (SSSR count). The summed E-state index contributed by atoms with van der Waals surface area (Å²) in [5, 5.41) is 348. The summed E-state index contributed by atoms with van der Waals surface area (Å²) in [5.41, 5.74) is 0. The Morgan fingerprint density at radius 3 is 0.715 bits per heavy atom. The van der Waals surface area contributed by atoms with Crippen molar-refractivity contribution in [2.45, 2.75) is 372 Å². The van der Waals surface area contributed by atoms with Crippen LogP contribution in [-0.4, -0.2) is 593 Å². The van der Waals surface area contributed by atoms with E-state index in [0.29, 0.717) is 0 Å². The number of rotatable bonds is 36. The highest BCUT2D eigenvalue weighted by Gasteiger charge is 2.63. The number of nitrogens with one attached hydrogen (secondary N) is 5. The molecule has 0 bridgehead atoms. The fraction of sp³-hybridized carbons (Fsp3) is 0.934. The largest absolute Gasteiger partial charge is 0.394 e. The van der Waals surface area contributed by atoms with E-state index in [-0.39, 0.29) is 0 Å². The third-order valence-electron chi connectivity index (χ3n) is 25.0. The fourth-order valence-electron chi connectivity index (χ4n) is 17.7. The summed E-state index contributed by atoms with van der Waals surface area (Å²) in [6.07, 6.45) is -107. The molecule has 0 aliphatic carbocycles. The molecule has 0 saturated carbocycles. The van der Waals surface area contributed by atoms with E-state index in [1.54, 1.807) is 0 Å². The first-order valence-electron chi connectivity index (χ1n) is 43.6. The van der Waals surface area contributed by atoms with Gasteiger partial charge in [0.1, 0.15) is 268 Å². The molecule has 0 spiro atoms. The summed E-state index contributed by atoms with van der Waals surface area (Å²) in [6.45, 7) is -7.82. The van der Waals surface area contributed by atoms with E-state index < -0.39 is 440 Å². The van der Waals surface area contributed by atoms with E-state index >= 15 is 0 Å². The Labute approximate surface area is 775 Å². The van der Waals surface area contributed by atoms with Crippen LogP contribution in [0.15, 0.2) is 0 Å². The summed E-state index contributed by atoms with van der Waals surface area (Å²) in [6, 6.07) is -9.55. The number of aliphatic hydroxyl groups is 30. The van der Waals surface area contributed by atoms with Crippen LogP contribution in [0.3, 0.4) is 0 Å². The van der Waals surface area contributed by atoms with Crippen molar-refractivity contribution in [3.63, 3.8) is 0 Å². The zero-order valence-corrected chi connectivity index (χ0v) is 73.6. The van der Waals surface area contributed by atoms with Crippen molar-refractivity contribution in [2.75, 3.05) is 72.7 Å². The maximum atomic E-state index is 13.2. The van der Waals surface area contributed by atoms with E-state index in [9.17, 15) is 177 Å². The van der Waals surface area contributed by atoms with Crippen molar-refractivity contribution in [3.05, 3.63) is 0 Å². The van der Waals surface area contributed by atoms with Crippen molar-refractivity contribution in [3.8, 4) is 0 Å². The van der Waals surface area contributed by atoms with Gasteiger partial charge in [0.25, 0.3) is 0 Å². The number of carbonyl (C=O) groups excluding carboxylic acids is 5. The lowest BCUT2D eigenvalue weighted by molar-refractivity contribution is -0.400. The molecule has 55 atom stereocenters. The van der Waals surface area contributed by atoms with Gasteiger partial charge >= 0.3 is 0 Å². The predicted octanol–water partition coefficient (Wildman–Crippen LogP) is -24.3. The van der Waals surface area contributed by atoms with E-state index in [4.69, 9.17) is 99.5 Å². The van der Waals surface area contributed by atoms with Crippen LogP contribution in [-0.2, 0) is 123 Å². The van der Waals surface area contributed by atoms with Gasteiger partial charge in [0.15, 0.2) is 69.2 Å². The lowest BCUT2D eigenvalue weighted by Gasteiger charge is -2.51. The summed E-state index contributed by atoms with van der Waals surface area (Å²) < 4.78 is 125. The summed E-state index contributed by atoms with van der Waals surface area (Å²) in [4.78, 5) is 64.5. The van der Waals surface area contributed by atoms with Crippen molar-refractivity contribution in [1.82, 2.24) is 26.6 Å². The van der Waals surface area contributed by atoms with E-state index in [1.165, 1.54) is 0 Å². The van der Waals surface area contributed by atoms with Gasteiger partial charge in [-0.15, -0.1) is 0 Å². The Balaban J connectivity index is 0.939. The van der Waals surface area contributed by atoms with Crippen LogP contribution in [0.4, 0.5) is 0 Å². The third-order valence-corrected chi connectivity index (χ3v) is 25.0. The van der Waals surface area contributed by atoms with Gasteiger partial charge in [-0.05, 0) is 0 Å². The molecular formula is C76H127N5O56. The minimum Gasteiger partial charge on any atom is -0.394 e. The third kappa shape index (κ3) is 25.2. The van der Waals surface area contributed by atoms with Gasteiger partial charge in [-0.1, -0.05) is 0 Å². The predicted molar refractivity (Wildman–Crippen MR) is 420 cm³/mol. The second-order valence-electron chi connectivity index (χ2n) is 34.6. The molecule has 792 valence electrons. The van der Waals surface area contributed by atoms with Gasteiger partial charge < -0.3 is 279 Å². The number of aliphatic hydroxyl groups excluding tert-OH is 30. The Kier molecular flexibility index (Phi) is 40.7. The SMILES string of the molecule is CC(=O)N[C@@H]1[C@@H](O)[C@H](O[C@@H]2O[C@H](CO)[C@@H](O[C@@H]3O[C@H](CO)[C@@H](O)[C@H](O[C@H]4O[C@H](CO[C@H]5O[C@H](CO[C@@H]6O[C@H](CO)[C@@H](O[C@@H]7O[C@H](CO)[C@H](O)[C@H](O)[C@H]7O)[C@H](O)[C@H]6NC(C)=O)[C@@H](O)[C@H](O)[C@@H]5O[C@@H]5O[C@H](CO)[C@@H](O[C@@H]6O[C@H](CO)[C@H](O)[C@H](O)[C@H]6O)[C@H](O)[C@H]5NC(C)=O)[C@@H](O)[C@H](O)[C@@H]4O[C@@H]4O[C@H](CO)[C@@H](O[C@@H]5O[C@H](CO)[C@H](O)[C@H](O)[C@H]5O)[C@H](O)[C@H]4NC(C)=O)[C@@H]3O)[C@H](O)[C@H]2NC(C)=O)[C@@H](CO)O[C@H]1O. The second-order valence-corrected chi connectivity index (χ2v) is 34.6. The summed E-state index contributed by atoms with van der Waals surface area (Å²) >= 11 is 0. The van der Waals surface area contributed by atoms with Gasteiger partial charge in [-0.3, -0.25) is 24.0 Å². The molecule has 11 saturated heterocycles. The lowest BCUT2D eigenvalue weighted by atomic mass is 9.93. The average molecular weight is 2010 g/mol. The maximum absolute atomic E-state index is 13.2. The molecule has 0 aromatic carbocycles. The highest BCUT2D eigenvalue weighted by atomic mass is 16.8. The van der Waals surface area contributed by atoms with Crippen LogP contribution in [0.25, 0.3) is 0 Å². The fourth-order valence-corrected chi connectivity index (χ4v) is 17.7. The quantitative estimate of drug-likeness (QED) is 0.0277. The van der Waals surface area contributed by atoms with E-state index in [0.717, 1.165) is 34.6 Å². The van der Waals surface area contributed by atoms with Gasteiger partial charge in [0.05, 0.1) is 72.7 Å². The van der Waals surface area contributed by atoms with Crippen LogP contribution < -0.4 is 26.6 Å². The first-order chi connectivity index (χ1) is 64.8. The number of amides is 5. The minimum atomic E-state index is -2.67. The first-order valence-corrected chi connectivity index (χ1v) is 43.6. The molecule has 5 amide bonds. The van der Waals surface area contributed by atoms with Crippen molar-refractivity contribution in [2.24, 2.45) is 0 Å². The molecule has 137 heavy (non-hydrogen) atoms. The molecule has 11 aliphatic rings. The number of hydrogen-bond acceptors (Lipinski definition) is 56. The molecule has 35 N–H and O–H groups in total. The number of hydrogen-bond donors (Lipinski definition) is 35. The van der Waals surface area contributed by atoms with Crippen LogP contribution in [0.1, 0.15) is 34.6 Å². The van der Waals surface area contributed by atoms with Gasteiger partial charge in [-0.25, -0.2) is 0 Å². The highest BCUT2D eigenvalue weighted by Crippen LogP contribution is 2.42. The second kappa shape index (κ2) is 49.5. The number of carbonyl (C=O) groups is 5. The summed E-state index contributed by atoms with van der Waals surface area (Å²) in [7, 11) is 0. The van der Waals surface area contributed by atoms with E-state index in [2.05, 4.69) is 26.6 Å².